The molecule has 1 amide bonds. The Morgan fingerprint density at radius 1 is 1.28 bits per heavy atom. The molecule has 2 unspecified atom stereocenters. The van der Waals surface area contributed by atoms with E-state index in [4.69, 9.17) is 15.2 Å². The van der Waals surface area contributed by atoms with Crippen molar-refractivity contribution in [1.29, 1.82) is 0 Å². The maximum absolute atomic E-state index is 12.6. The highest BCUT2D eigenvalue weighted by Gasteiger charge is 2.25. The summed E-state index contributed by atoms with van der Waals surface area (Å²) in [4.78, 5) is 12.6. The Balaban J connectivity index is 0.00000312. The van der Waals surface area contributed by atoms with Gasteiger partial charge in [0.15, 0.2) is 11.5 Å². The molecule has 0 aromatic heterocycles. The molecule has 142 valence electrons. The molecule has 0 spiro atoms. The summed E-state index contributed by atoms with van der Waals surface area (Å²) in [5, 5.41) is 3.14. The number of hydrogen-bond acceptors (Lipinski definition) is 4. The van der Waals surface area contributed by atoms with Gasteiger partial charge in [-0.1, -0.05) is 26.2 Å². The molecule has 25 heavy (non-hydrogen) atoms. The molecule has 0 heterocycles. The molecule has 6 heteroatoms. The van der Waals surface area contributed by atoms with Gasteiger partial charge in [0.05, 0.1) is 13.7 Å². The second-order valence-electron chi connectivity index (χ2n) is 6.43. The minimum absolute atomic E-state index is 0. The normalized spacial score (nSPS) is 19.6. The van der Waals surface area contributed by atoms with Gasteiger partial charge in [0, 0.05) is 11.6 Å². The summed E-state index contributed by atoms with van der Waals surface area (Å²) in [6.07, 6.45) is 6.51. The molecular formula is C19H31ClN2O3. The van der Waals surface area contributed by atoms with Gasteiger partial charge in [0.1, 0.15) is 0 Å². The van der Waals surface area contributed by atoms with Gasteiger partial charge in [-0.05, 0) is 49.9 Å². The fraction of sp³-hybridized carbons (Fsp3) is 0.632. The summed E-state index contributed by atoms with van der Waals surface area (Å²) in [5.74, 6) is 1.58. The Labute approximate surface area is 157 Å². The van der Waals surface area contributed by atoms with Crippen LogP contribution in [0.15, 0.2) is 18.2 Å². The van der Waals surface area contributed by atoms with E-state index in [0.29, 0.717) is 36.1 Å². The lowest BCUT2D eigenvalue weighted by Gasteiger charge is -2.31. The minimum atomic E-state index is -0.0706. The first kappa shape index (κ1) is 21.6. The number of hydrogen-bond donors (Lipinski definition) is 2. The van der Waals surface area contributed by atoms with Crippen molar-refractivity contribution in [2.75, 3.05) is 20.3 Å². The third-order valence-corrected chi connectivity index (χ3v) is 4.71. The molecule has 1 aromatic carbocycles. The van der Waals surface area contributed by atoms with Crippen LogP contribution in [0.4, 0.5) is 0 Å². The predicted molar refractivity (Wildman–Crippen MR) is 103 cm³/mol. The van der Waals surface area contributed by atoms with E-state index < -0.39 is 0 Å². The molecule has 0 saturated heterocycles. The number of nitrogens with one attached hydrogen (secondary N) is 1. The van der Waals surface area contributed by atoms with E-state index in [0.717, 1.165) is 32.1 Å². The Bertz CT molecular complexity index is 539. The molecule has 1 aliphatic carbocycles. The highest BCUT2D eigenvalue weighted by atomic mass is 35.5. The largest absolute Gasteiger partial charge is 0.493 e. The molecule has 2 rings (SSSR count). The molecule has 0 aliphatic heterocycles. The van der Waals surface area contributed by atoms with Crippen LogP contribution in [0.25, 0.3) is 0 Å². The van der Waals surface area contributed by atoms with Gasteiger partial charge in [0.2, 0.25) is 0 Å². The van der Waals surface area contributed by atoms with Crippen LogP contribution in [-0.4, -0.2) is 32.2 Å². The summed E-state index contributed by atoms with van der Waals surface area (Å²) in [6.45, 7) is 3.39. The molecule has 1 fully saturated rings. The van der Waals surface area contributed by atoms with Crippen molar-refractivity contribution in [3.8, 4) is 11.5 Å². The molecule has 5 nitrogen and oxygen atoms in total. The van der Waals surface area contributed by atoms with Gasteiger partial charge in [0.25, 0.3) is 5.91 Å². The highest BCUT2D eigenvalue weighted by Crippen LogP contribution is 2.29. The quantitative estimate of drug-likeness (QED) is 0.686. The van der Waals surface area contributed by atoms with Crippen molar-refractivity contribution in [3.05, 3.63) is 23.8 Å². The lowest BCUT2D eigenvalue weighted by atomic mass is 9.84. The first-order valence-electron chi connectivity index (χ1n) is 9.01. The number of methoxy groups -OCH3 is 1. The standard InChI is InChI=1S/C19H30N2O3.ClH/c1-3-4-11-24-17-10-9-14(12-18(17)23-2)19(22)21-16-8-6-5-7-15(16)13-20;/h9-10,12,15-16H,3-8,11,13,20H2,1-2H3,(H,21,22);1H. The number of halogens is 1. The van der Waals surface area contributed by atoms with Gasteiger partial charge in [-0.2, -0.15) is 0 Å². The third-order valence-electron chi connectivity index (χ3n) is 4.71. The Kier molecular flexibility index (Phi) is 9.68. The van der Waals surface area contributed by atoms with Crippen LogP contribution >= 0.6 is 12.4 Å². The zero-order valence-corrected chi connectivity index (χ0v) is 16.1. The second-order valence-corrected chi connectivity index (χ2v) is 6.43. The number of benzene rings is 1. The third kappa shape index (κ3) is 6.08. The summed E-state index contributed by atoms with van der Waals surface area (Å²) in [6, 6.07) is 5.52. The molecular weight excluding hydrogens is 340 g/mol. The van der Waals surface area contributed by atoms with Crippen molar-refractivity contribution in [1.82, 2.24) is 5.32 Å². The van der Waals surface area contributed by atoms with Gasteiger partial charge in [-0.25, -0.2) is 0 Å². The molecule has 3 N–H and O–H groups in total. The Hall–Kier alpha value is -1.46. The van der Waals surface area contributed by atoms with Crippen LogP contribution in [-0.2, 0) is 0 Å². The van der Waals surface area contributed by atoms with Crippen molar-refractivity contribution in [2.24, 2.45) is 11.7 Å². The van der Waals surface area contributed by atoms with Crippen molar-refractivity contribution in [2.45, 2.75) is 51.5 Å². The predicted octanol–water partition coefficient (Wildman–Crippen LogP) is 3.54. The van der Waals surface area contributed by atoms with E-state index in [1.807, 2.05) is 6.07 Å². The molecule has 1 aromatic rings. The zero-order valence-electron chi connectivity index (χ0n) is 15.3. The summed E-state index contributed by atoms with van der Waals surface area (Å²) >= 11 is 0. The zero-order chi connectivity index (χ0) is 17.4. The lowest BCUT2D eigenvalue weighted by molar-refractivity contribution is 0.0907. The first-order valence-corrected chi connectivity index (χ1v) is 9.01. The number of ether oxygens (including phenoxy) is 2. The maximum atomic E-state index is 12.6. The smallest absolute Gasteiger partial charge is 0.251 e. The average Bonchev–Trinajstić information content (AvgIpc) is 2.62. The number of amides is 1. The Morgan fingerprint density at radius 2 is 2.04 bits per heavy atom. The van der Waals surface area contributed by atoms with Crippen LogP contribution in [0.2, 0.25) is 0 Å². The van der Waals surface area contributed by atoms with E-state index >= 15 is 0 Å². The molecule has 2 atom stereocenters. The summed E-state index contributed by atoms with van der Waals surface area (Å²) in [7, 11) is 1.59. The summed E-state index contributed by atoms with van der Waals surface area (Å²) < 4.78 is 11.1. The average molecular weight is 371 g/mol. The van der Waals surface area contributed by atoms with E-state index in [1.165, 1.54) is 6.42 Å². The second kappa shape index (κ2) is 11.2. The van der Waals surface area contributed by atoms with Crippen molar-refractivity contribution in [3.63, 3.8) is 0 Å². The lowest BCUT2D eigenvalue weighted by Crippen LogP contribution is -2.44. The molecule has 0 radical (unpaired) electrons. The van der Waals surface area contributed by atoms with E-state index in [-0.39, 0.29) is 24.4 Å². The number of unbranched alkanes of at least 4 members (excludes halogenated alkanes) is 1. The molecule has 0 bridgehead atoms. The SMILES string of the molecule is CCCCOc1ccc(C(=O)NC2CCCCC2CN)cc1OC.Cl. The van der Waals surface area contributed by atoms with Crippen molar-refractivity contribution < 1.29 is 14.3 Å². The fourth-order valence-corrected chi connectivity index (χ4v) is 3.19. The Morgan fingerprint density at radius 3 is 2.72 bits per heavy atom. The first-order chi connectivity index (χ1) is 11.7. The van der Waals surface area contributed by atoms with E-state index in [1.54, 1.807) is 19.2 Å². The summed E-state index contributed by atoms with van der Waals surface area (Å²) in [5.41, 5.74) is 6.44. The molecule has 1 aliphatic rings. The topological polar surface area (TPSA) is 73.6 Å². The molecule has 1 saturated carbocycles. The van der Waals surface area contributed by atoms with Crippen molar-refractivity contribution >= 4 is 18.3 Å². The van der Waals surface area contributed by atoms with Crippen LogP contribution < -0.4 is 20.5 Å². The van der Waals surface area contributed by atoms with Crippen LogP contribution in [0.3, 0.4) is 0 Å². The minimum Gasteiger partial charge on any atom is -0.493 e. The van der Waals surface area contributed by atoms with Gasteiger partial charge < -0.3 is 20.5 Å². The van der Waals surface area contributed by atoms with Gasteiger partial charge in [-0.3, -0.25) is 4.79 Å². The maximum Gasteiger partial charge on any atom is 0.251 e. The van der Waals surface area contributed by atoms with Crippen LogP contribution in [0.5, 0.6) is 11.5 Å². The number of rotatable bonds is 8. The monoisotopic (exact) mass is 370 g/mol. The van der Waals surface area contributed by atoms with Gasteiger partial charge >= 0.3 is 0 Å². The van der Waals surface area contributed by atoms with E-state index in [9.17, 15) is 4.79 Å². The van der Waals surface area contributed by atoms with Crippen LogP contribution in [0, 0.1) is 5.92 Å². The number of nitrogens with two attached hydrogens (primary N) is 1. The highest BCUT2D eigenvalue weighted by molar-refractivity contribution is 5.95. The van der Waals surface area contributed by atoms with Crippen LogP contribution in [0.1, 0.15) is 55.8 Å². The number of carbonyl (C=O) groups is 1. The van der Waals surface area contributed by atoms with E-state index in [2.05, 4.69) is 12.2 Å². The number of carbonyl (C=O) groups excluding carboxylic acids is 1. The van der Waals surface area contributed by atoms with Gasteiger partial charge in [-0.15, -0.1) is 12.4 Å². The fourth-order valence-electron chi connectivity index (χ4n) is 3.19.